The third kappa shape index (κ3) is 3.52. The second-order valence-electron chi connectivity index (χ2n) is 6.48. The summed E-state index contributed by atoms with van der Waals surface area (Å²) in [5.41, 5.74) is 6.71. The first-order valence-electron chi connectivity index (χ1n) is 7.31. The van der Waals surface area contributed by atoms with Gasteiger partial charge in [-0.15, -0.1) is 0 Å². The second kappa shape index (κ2) is 5.85. The molecule has 0 aromatic carbocycles. The van der Waals surface area contributed by atoms with Crippen molar-refractivity contribution in [1.82, 2.24) is 9.97 Å². The summed E-state index contributed by atoms with van der Waals surface area (Å²) >= 11 is 0. The predicted molar refractivity (Wildman–Crippen MR) is 78.8 cm³/mol. The van der Waals surface area contributed by atoms with E-state index in [1.165, 1.54) is 12.7 Å². The minimum atomic E-state index is 0.153. The molecule has 2 rings (SSSR count). The molecule has 5 nitrogen and oxygen atoms in total. The Bertz CT molecular complexity index is 462. The molecule has 20 heavy (non-hydrogen) atoms. The van der Waals surface area contributed by atoms with E-state index >= 15 is 0 Å². The highest BCUT2D eigenvalue weighted by atomic mass is 16.5. The Morgan fingerprint density at radius 1 is 1.30 bits per heavy atom. The number of aromatic nitrogens is 2. The van der Waals surface area contributed by atoms with E-state index in [9.17, 15) is 0 Å². The zero-order valence-corrected chi connectivity index (χ0v) is 12.8. The van der Waals surface area contributed by atoms with Crippen LogP contribution in [-0.4, -0.2) is 22.7 Å². The Morgan fingerprint density at radius 3 is 2.65 bits per heavy atom. The van der Waals surface area contributed by atoms with Gasteiger partial charge in [-0.25, -0.2) is 0 Å². The molecule has 2 unspecified atom stereocenters. The highest BCUT2D eigenvalue weighted by molar-refractivity contribution is 5.55. The first-order chi connectivity index (χ1) is 9.41. The van der Waals surface area contributed by atoms with Crippen LogP contribution in [0.15, 0.2) is 6.33 Å². The standard InChI is InChI=1S/C15H25N3O2/c1-5-19-13-12(16)14(18-9-17-13)20-11-6-10(2)7-15(3,4)8-11/h9-11H,5-8,16H2,1-4H3. The van der Waals surface area contributed by atoms with Crippen LogP contribution in [-0.2, 0) is 0 Å². The van der Waals surface area contributed by atoms with E-state index in [4.69, 9.17) is 15.2 Å². The highest BCUT2D eigenvalue weighted by Gasteiger charge is 2.33. The molecule has 0 spiro atoms. The summed E-state index contributed by atoms with van der Waals surface area (Å²) in [4.78, 5) is 8.18. The third-order valence-corrected chi connectivity index (χ3v) is 3.72. The number of nitrogens with zero attached hydrogens (tertiary/aromatic N) is 2. The lowest BCUT2D eigenvalue weighted by atomic mass is 9.71. The van der Waals surface area contributed by atoms with Gasteiger partial charge in [-0.05, 0) is 37.5 Å². The maximum absolute atomic E-state index is 6.02. The van der Waals surface area contributed by atoms with Crippen molar-refractivity contribution in [3.63, 3.8) is 0 Å². The summed E-state index contributed by atoms with van der Waals surface area (Å²) < 4.78 is 11.4. The van der Waals surface area contributed by atoms with Crippen LogP contribution in [0.2, 0.25) is 0 Å². The lowest BCUT2D eigenvalue weighted by Crippen LogP contribution is -2.34. The molecule has 0 amide bonds. The number of ether oxygens (including phenoxy) is 2. The molecule has 0 radical (unpaired) electrons. The van der Waals surface area contributed by atoms with E-state index in [0.717, 1.165) is 12.8 Å². The van der Waals surface area contributed by atoms with Gasteiger partial charge >= 0.3 is 0 Å². The number of hydrogen-bond acceptors (Lipinski definition) is 5. The molecule has 2 N–H and O–H groups in total. The summed E-state index contributed by atoms with van der Waals surface area (Å²) in [7, 11) is 0. The van der Waals surface area contributed by atoms with Crippen LogP contribution >= 0.6 is 0 Å². The van der Waals surface area contributed by atoms with E-state index in [-0.39, 0.29) is 6.10 Å². The van der Waals surface area contributed by atoms with Crippen molar-refractivity contribution in [2.75, 3.05) is 12.3 Å². The highest BCUT2D eigenvalue weighted by Crippen LogP contribution is 2.40. The Morgan fingerprint density at radius 2 is 2.00 bits per heavy atom. The molecule has 0 saturated heterocycles. The zero-order chi connectivity index (χ0) is 14.8. The number of anilines is 1. The van der Waals surface area contributed by atoms with Gasteiger partial charge in [0.15, 0.2) is 5.69 Å². The molecule has 5 heteroatoms. The molecule has 2 atom stereocenters. The monoisotopic (exact) mass is 279 g/mol. The Balaban J connectivity index is 2.11. The molecule has 1 saturated carbocycles. The van der Waals surface area contributed by atoms with Gasteiger partial charge < -0.3 is 15.2 Å². The molecular formula is C15H25N3O2. The molecular weight excluding hydrogens is 254 g/mol. The fraction of sp³-hybridized carbons (Fsp3) is 0.733. The van der Waals surface area contributed by atoms with Crippen LogP contribution in [0.3, 0.4) is 0 Å². The summed E-state index contributed by atoms with van der Waals surface area (Å²) in [6, 6.07) is 0. The second-order valence-corrected chi connectivity index (χ2v) is 6.48. The van der Waals surface area contributed by atoms with Gasteiger partial charge in [0.25, 0.3) is 0 Å². The Hall–Kier alpha value is -1.52. The lowest BCUT2D eigenvalue weighted by Gasteiger charge is -2.38. The first kappa shape index (κ1) is 14.9. The van der Waals surface area contributed by atoms with Crippen molar-refractivity contribution >= 4 is 5.69 Å². The minimum Gasteiger partial charge on any atom is -0.476 e. The summed E-state index contributed by atoms with van der Waals surface area (Å²) in [6.45, 7) is 9.26. The van der Waals surface area contributed by atoms with E-state index in [1.54, 1.807) is 0 Å². The van der Waals surface area contributed by atoms with Crippen LogP contribution < -0.4 is 15.2 Å². The normalized spacial score (nSPS) is 25.2. The maximum atomic E-state index is 6.02. The first-order valence-corrected chi connectivity index (χ1v) is 7.31. The smallest absolute Gasteiger partial charge is 0.244 e. The number of hydrogen-bond donors (Lipinski definition) is 1. The zero-order valence-electron chi connectivity index (χ0n) is 12.8. The van der Waals surface area contributed by atoms with Crippen LogP contribution in [0.1, 0.15) is 47.0 Å². The third-order valence-electron chi connectivity index (χ3n) is 3.72. The molecule has 0 aliphatic heterocycles. The maximum Gasteiger partial charge on any atom is 0.244 e. The molecule has 1 fully saturated rings. The topological polar surface area (TPSA) is 70.3 Å². The van der Waals surface area contributed by atoms with E-state index < -0.39 is 0 Å². The van der Waals surface area contributed by atoms with Gasteiger partial charge in [0.2, 0.25) is 11.8 Å². The van der Waals surface area contributed by atoms with Gasteiger partial charge in [0, 0.05) is 0 Å². The SMILES string of the molecule is CCOc1ncnc(OC2CC(C)CC(C)(C)C2)c1N. The molecule has 1 aliphatic rings. The van der Waals surface area contributed by atoms with E-state index in [2.05, 4.69) is 30.7 Å². The van der Waals surface area contributed by atoms with Crippen molar-refractivity contribution in [1.29, 1.82) is 0 Å². The molecule has 1 aliphatic carbocycles. The molecule has 1 heterocycles. The minimum absolute atomic E-state index is 0.153. The van der Waals surface area contributed by atoms with Crippen LogP contribution in [0.5, 0.6) is 11.8 Å². The summed E-state index contributed by atoms with van der Waals surface area (Å²) in [5, 5.41) is 0. The van der Waals surface area contributed by atoms with Crippen molar-refractivity contribution in [3.8, 4) is 11.8 Å². The average Bonchev–Trinajstić information content (AvgIpc) is 2.32. The van der Waals surface area contributed by atoms with Gasteiger partial charge in [-0.3, -0.25) is 0 Å². The van der Waals surface area contributed by atoms with E-state index in [0.29, 0.717) is 35.4 Å². The number of nitrogens with two attached hydrogens (primary N) is 1. The Labute approximate surface area is 120 Å². The van der Waals surface area contributed by atoms with Crippen LogP contribution in [0, 0.1) is 11.3 Å². The predicted octanol–water partition coefficient (Wildman–Crippen LogP) is 3.05. The van der Waals surface area contributed by atoms with Crippen molar-refractivity contribution in [2.45, 2.75) is 53.1 Å². The average molecular weight is 279 g/mol. The summed E-state index contributed by atoms with van der Waals surface area (Å²) in [6.07, 6.45) is 4.88. The van der Waals surface area contributed by atoms with E-state index in [1.807, 2.05) is 6.92 Å². The quantitative estimate of drug-likeness (QED) is 0.917. The summed E-state index contributed by atoms with van der Waals surface area (Å²) in [5.74, 6) is 1.50. The van der Waals surface area contributed by atoms with Crippen molar-refractivity contribution < 1.29 is 9.47 Å². The van der Waals surface area contributed by atoms with Gasteiger partial charge in [-0.2, -0.15) is 9.97 Å². The lowest BCUT2D eigenvalue weighted by molar-refractivity contribution is 0.0535. The van der Waals surface area contributed by atoms with Crippen molar-refractivity contribution in [2.24, 2.45) is 11.3 Å². The van der Waals surface area contributed by atoms with Crippen molar-refractivity contribution in [3.05, 3.63) is 6.33 Å². The Kier molecular flexibility index (Phi) is 4.35. The van der Waals surface area contributed by atoms with Crippen LogP contribution in [0.4, 0.5) is 5.69 Å². The van der Waals surface area contributed by atoms with Gasteiger partial charge in [0.05, 0.1) is 6.61 Å². The molecule has 112 valence electrons. The number of rotatable bonds is 4. The van der Waals surface area contributed by atoms with Gasteiger partial charge in [-0.1, -0.05) is 20.8 Å². The fourth-order valence-electron chi connectivity index (χ4n) is 3.22. The molecule has 1 aromatic rings. The molecule has 1 aromatic heterocycles. The molecule has 0 bridgehead atoms. The van der Waals surface area contributed by atoms with Crippen LogP contribution in [0.25, 0.3) is 0 Å². The fourth-order valence-corrected chi connectivity index (χ4v) is 3.22. The largest absolute Gasteiger partial charge is 0.476 e. The van der Waals surface area contributed by atoms with Gasteiger partial charge in [0.1, 0.15) is 12.4 Å². The number of nitrogen functional groups attached to an aromatic ring is 1.